The van der Waals surface area contributed by atoms with E-state index in [0.717, 1.165) is 12.7 Å². The molecule has 2 rings (SSSR count). The van der Waals surface area contributed by atoms with Gasteiger partial charge in [0.1, 0.15) is 5.76 Å². The molecule has 0 spiro atoms. The summed E-state index contributed by atoms with van der Waals surface area (Å²) in [7, 11) is -3.88. The normalized spacial score (nSPS) is 12.4. The van der Waals surface area contributed by atoms with Crippen LogP contribution < -0.4 is 10.0 Å². The van der Waals surface area contributed by atoms with Gasteiger partial charge in [-0.15, -0.1) is 11.8 Å². The van der Waals surface area contributed by atoms with Crippen molar-refractivity contribution in [2.45, 2.75) is 29.7 Å². The molecule has 9 heteroatoms. The molecular weight excluding hydrogens is 364 g/mol. The molecule has 1 atom stereocenters. The molecule has 0 radical (unpaired) electrons. The van der Waals surface area contributed by atoms with Gasteiger partial charge in [0.25, 0.3) is 10.0 Å². The van der Waals surface area contributed by atoms with E-state index in [1.807, 2.05) is 10.8 Å². The predicted molar refractivity (Wildman–Crippen MR) is 95.5 cm³/mol. The summed E-state index contributed by atoms with van der Waals surface area (Å²) in [6.07, 6.45) is 1.58. The van der Waals surface area contributed by atoms with Crippen molar-refractivity contribution in [1.29, 1.82) is 0 Å². The highest BCUT2D eigenvalue weighted by atomic mass is 32.2. The SMILES string of the molecule is CC(=O)NS(=O)(=O)c1ccc(NC(=O)C(C)SCc2ccco2)cc1. The summed E-state index contributed by atoms with van der Waals surface area (Å²) in [5, 5.41) is 2.41. The second kappa shape index (κ2) is 8.21. The lowest BCUT2D eigenvalue weighted by Gasteiger charge is -2.12. The molecule has 7 nitrogen and oxygen atoms in total. The highest BCUT2D eigenvalue weighted by molar-refractivity contribution is 7.99. The third-order valence-corrected chi connectivity index (χ3v) is 5.75. The molecule has 0 saturated carbocycles. The Morgan fingerprint density at radius 2 is 1.88 bits per heavy atom. The van der Waals surface area contributed by atoms with Crippen LogP contribution in [0.1, 0.15) is 19.6 Å². The number of carbonyl (C=O) groups excluding carboxylic acids is 2. The Labute approximate surface area is 150 Å². The molecule has 0 aliphatic carbocycles. The number of hydrogen-bond acceptors (Lipinski definition) is 6. The first-order valence-corrected chi connectivity index (χ1v) is 9.89. The summed E-state index contributed by atoms with van der Waals surface area (Å²) in [6.45, 7) is 2.90. The van der Waals surface area contributed by atoms with Gasteiger partial charge in [0.05, 0.1) is 22.2 Å². The van der Waals surface area contributed by atoms with Crippen molar-refractivity contribution in [3.05, 3.63) is 48.4 Å². The zero-order valence-corrected chi connectivity index (χ0v) is 15.3. The number of carbonyl (C=O) groups is 2. The number of amides is 2. The molecule has 1 heterocycles. The topological polar surface area (TPSA) is 105 Å². The molecule has 134 valence electrons. The number of benzene rings is 1. The van der Waals surface area contributed by atoms with E-state index in [9.17, 15) is 18.0 Å². The second-order valence-electron chi connectivity index (χ2n) is 5.21. The molecule has 0 aliphatic rings. The fourth-order valence-corrected chi connectivity index (χ4v) is 3.67. The number of furan rings is 1. The number of nitrogens with one attached hydrogen (secondary N) is 2. The van der Waals surface area contributed by atoms with E-state index in [4.69, 9.17) is 4.42 Å². The Morgan fingerprint density at radius 1 is 1.20 bits per heavy atom. The average molecular weight is 382 g/mol. The van der Waals surface area contributed by atoms with Gasteiger partial charge in [-0.1, -0.05) is 0 Å². The Hall–Kier alpha value is -2.26. The first kappa shape index (κ1) is 19.1. The highest BCUT2D eigenvalue weighted by Crippen LogP contribution is 2.20. The summed E-state index contributed by atoms with van der Waals surface area (Å²) in [5.41, 5.74) is 0.470. The summed E-state index contributed by atoms with van der Waals surface area (Å²) in [6, 6.07) is 9.21. The van der Waals surface area contributed by atoms with E-state index in [0.29, 0.717) is 11.4 Å². The second-order valence-corrected chi connectivity index (χ2v) is 8.22. The predicted octanol–water partition coefficient (Wildman–Crippen LogP) is 2.36. The molecule has 2 N–H and O–H groups in total. The van der Waals surface area contributed by atoms with Crippen molar-refractivity contribution >= 4 is 39.3 Å². The van der Waals surface area contributed by atoms with Gasteiger partial charge in [0.2, 0.25) is 11.8 Å². The molecule has 2 amide bonds. The molecule has 1 aromatic carbocycles. The van der Waals surface area contributed by atoms with E-state index in [-0.39, 0.29) is 16.1 Å². The van der Waals surface area contributed by atoms with Gasteiger partial charge in [-0.05, 0) is 43.3 Å². The first-order valence-electron chi connectivity index (χ1n) is 7.36. The van der Waals surface area contributed by atoms with Crippen LogP contribution in [0.5, 0.6) is 0 Å². The summed E-state index contributed by atoms with van der Waals surface area (Å²) >= 11 is 1.43. The summed E-state index contributed by atoms with van der Waals surface area (Å²) in [4.78, 5) is 23.0. The third-order valence-electron chi connectivity index (χ3n) is 3.14. The third kappa shape index (κ3) is 5.64. The zero-order chi connectivity index (χ0) is 18.4. The number of thioether (sulfide) groups is 1. The van der Waals surface area contributed by atoms with Crippen LogP contribution in [0.3, 0.4) is 0 Å². The summed E-state index contributed by atoms with van der Waals surface area (Å²) < 4.78 is 30.8. The molecule has 0 fully saturated rings. The van der Waals surface area contributed by atoms with Gasteiger partial charge in [-0.25, -0.2) is 13.1 Å². The van der Waals surface area contributed by atoms with Gasteiger partial charge in [-0.3, -0.25) is 9.59 Å². The van der Waals surface area contributed by atoms with Crippen molar-refractivity contribution in [1.82, 2.24) is 4.72 Å². The molecule has 1 unspecified atom stereocenters. The quantitative estimate of drug-likeness (QED) is 0.762. The van der Waals surface area contributed by atoms with Crippen LogP contribution in [-0.2, 0) is 25.4 Å². The van der Waals surface area contributed by atoms with Gasteiger partial charge < -0.3 is 9.73 Å². The van der Waals surface area contributed by atoms with Crippen molar-refractivity contribution in [2.24, 2.45) is 0 Å². The van der Waals surface area contributed by atoms with Crippen LogP contribution in [0.15, 0.2) is 52.0 Å². The van der Waals surface area contributed by atoms with E-state index >= 15 is 0 Å². The smallest absolute Gasteiger partial charge is 0.264 e. The first-order chi connectivity index (χ1) is 11.8. The van der Waals surface area contributed by atoms with Gasteiger partial charge in [0.15, 0.2) is 0 Å². The maximum absolute atomic E-state index is 12.2. The van der Waals surface area contributed by atoms with Crippen LogP contribution >= 0.6 is 11.8 Å². The molecule has 0 saturated heterocycles. The molecule has 2 aromatic rings. The lowest BCUT2D eigenvalue weighted by Crippen LogP contribution is -2.28. The van der Waals surface area contributed by atoms with Crippen LogP contribution in [0.25, 0.3) is 0 Å². The van der Waals surface area contributed by atoms with Crippen molar-refractivity contribution < 1.29 is 22.4 Å². The van der Waals surface area contributed by atoms with Crippen LogP contribution in [0.2, 0.25) is 0 Å². The molecular formula is C16H18N2O5S2. The monoisotopic (exact) mass is 382 g/mol. The zero-order valence-electron chi connectivity index (χ0n) is 13.7. The lowest BCUT2D eigenvalue weighted by atomic mass is 10.3. The minimum absolute atomic E-state index is 0.0547. The molecule has 0 bridgehead atoms. The fraction of sp³-hybridized carbons (Fsp3) is 0.250. The molecule has 0 aliphatic heterocycles. The molecule has 25 heavy (non-hydrogen) atoms. The number of anilines is 1. The van der Waals surface area contributed by atoms with Crippen LogP contribution in [0, 0.1) is 0 Å². The Bertz CT molecular complexity index is 830. The van der Waals surface area contributed by atoms with Crippen LogP contribution in [0.4, 0.5) is 5.69 Å². The minimum atomic E-state index is -3.88. The van der Waals surface area contributed by atoms with E-state index in [2.05, 4.69) is 5.32 Å². The lowest BCUT2D eigenvalue weighted by molar-refractivity contribution is -0.117. The number of sulfonamides is 1. The van der Waals surface area contributed by atoms with E-state index < -0.39 is 15.9 Å². The summed E-state index contributed by atoms with van der Waals surface area (Å²) in [5.74, 6) is 0.501. The van der Waals surface area contributed by atoms with E-state index in [1.165, 1.54) is 36.0 Å². The van der Waals surface area contributed by atoms with Gasteiger partial charge in [0, 0.05) is 12.6 Å². The Morgan fingerprint density at radius 3 is 2.44 bits per heavy atom. The van der Waals surface area contributed by atoms with E-state index in [1.54, 1.807) is 19.3 Å². The molecule has 1 aromatic heterocycles. The van der Waals surface area contributed by atoms with Gasteiger partial charge in [-0.2, -0.15) is 0 Å². The Kier molecular flexibility index (Phi) is 6.27. The maximum Gasteiger partial charge on any atom is 0.264 e. The van der Waals surface area contributed by atoms with Crippen molar-refractivity contribution in [3.63, 3.8) is 0 Å². The standard InChI is InChI=1S/C16H18N2O5S2/c1-11(24-10-14-4-3-9-23-14)16(20)17-13-5-7-15(8-6-13)25(21,22)18-12(2)19/h3-9,11H,10H2,1-2H3,(H,17,20)(H,18,19). The average Bonchev–Trinajstić information content (AvgIpc) is 3.05. The minimum Gasteiger partial charge on any atom is -0.468 e. The highest BCUT2D eigenvalue weighted by Gasteiger charge is 2.17. The largest absolute Gasteiger partial charge is 0.468 e. The van der Waals surface area contributed by atoms with Crippen LogP contribution in [-0.4, -0.2) is 25.5 Å². The van der Waals surface area contributed by atoms with Crippen molar-refractivity contribution in [3.8, 4) is 0 Å². The van der Waals surface area contributed by atoms with Gasteiger partial charge >= 0.3 is 0 Å². The number of rotatable bonds is 7. The number of hydrogen-bond donors (Lipinski definition) is 2. The fourth-order valence-electron chi connectivity index (χ4n) is 1.89. The van der Waals surface area contributed by atoms with Crippen molar-refractivity contribution in [2.75, 3.05) is 5.32 Å². The Balaban J connectivity index is 1.93. The maximum atomic E-state index is 12.2.